The molecular formula is C12H10N2O4. The molecule has 0 saturated carbocycles. The fourth-order valence-electron chi connectivity index (χ4n) is 1.62. The van der Waals surface area contributed by atoms with E-state index in [1.807, 2.05) is 0 Å². The highest BCUT2D eigenvalue weighted by atomic mass is 16.5. The average Bonchev–Trinajstić information content (AvgIpc) is 2.38. The zero-order valence-electron chi connectivity index (χ0n) is 9.51. The highest BCUT2D eigenvalue weighted by Gasteiger charge is 2.16. The SMILES string of the molecule is COc1cccc(-c2cn[nH]c(=O)c2C(=O)O)c1. The van der Waals surface area contributed by atoms with Gasteiger partial charge >= 0.3 is 5.97 Å². The summed E-state index contributed by atoms with van der Waals surface area (Å²) >= 11 is 0. The third kappa shape index (κ3) is 2.08. The number of aromatic nitrogens is 2. The number of rotatable bonds is 3. The number of H-pyrrole nitrogens is 1. The van der Waals surface area contributed by atoms with E-state index in [1.54, 1.807) is 24.3 Å². The normalized spacial score (nSPS) is 10.1. The smallest absolute Gasteiger partial charge is 0.342 e. The van der Waals surface area contributed by atoms with Gasteiger partial charge in [-0.25, -0.2) is 9.89 Å². The van der Waals surface area contributed by atoms with Crippen molar-refractivity contribution < 1.29 is 14.6 Å². The number of nitrogens with one attached hydrogen (secondary N) is 1. The molecule has 2 aromatic rings. The molecule has 0 bridgehead atoms. The number of carboxylic acids is 1. The van der Waals surface area contributed by atoms with E-state index >= 15 is 0 Å². The molecule has 1 aromatic heterocycles. The molecule has 0 atom stereocenters. The molecule has 0 saturated heterocycles. The number of nitrogens with zero attached hydrogens (tertiary/aromatic N) is 1. The molecule has 0 unspecified atom stereocenters. The number of hydrogen-bond donors (Lipinski definition) is 2. The Kier molecular flexibility index (Phi) is 3.09. The third-order valence-electron chi connectivity index (χ3n) is 2.45. The van der Waals surface area contributed by atoms with Crippen LogP contribution in [0.1, 0.15) is 10.4 Å². The molecule has 18 heavy (non-hydrogen) atoms. The molecule has 0 fully saturated rings. The van der Waals surface area contributed by atoms with Crippen LogP contribution < -0.4 is 10.3 Å². The second-order valence-corrected chi connectivity index (χ2v) is 3.52. The minimum absolute atomic E-state index is 0.255. The Balaban J connectivity index is 2.67. The summed E-state index contributed by atoms with van der Waals surface area (Å²) in [6, 6.07) is 6.76. The number of aromatic amines is 1. The maximum atomic E-state index is 11.5. The van der Waals surface area contributed by atoms with Crippen molar-refractivity contribution in [3.05, 3.63) is 46.4 Å². The van der Waals surface area contributed by atoms with E-state index in [2.05, 4.69) is 10.2 Å². The summed E-state index contributed by atoms with van der Waals surface area (Å²) in [5, 5.41) is 14.8. The van der Waals surface area contributed by atoms with Gasteiger partial charge in [0.15, 0.2) is 0 Å². The maximum Gasteiger partial charge on any atom is 0.342 e. The van der Waals surface area contributed by atoms with Crippen molar-refractivity contribution in [1.82, 2.24) is 10.2 Å². The summed E-state index contributed by atoms with van der Waals surface area (Å²) in [6.07, 6.45) is 1.31. The third-order valence-corrected chi connectivity index (χ3v) is 2.45. The van der Waals surface area contributed by atoms with Crippen LogP contribution >= 0.6 is 0 Å². The molecule has 6 nitrogen and oxygen atoms in total. The summed E-state index contributed by atoms with van der Waals surface area (Å²) < 4.78 is 5.05. The lowest BCUT2D eigenvalue weighted by Crippen LogP contribution is -2.19. The van der Waals surface area contributed by atoms with Crippen LogP contribution in [0, 0.1) is 0 Å². The first kappa shape index (κ1) is 11.8. The number of carboxylic acid groups (broad SMARTS) is 1. The molecule has 0 aliphatic heterocycles. The van der Waals surface area contributed by atoms with Gasteiger partial charge in [-0.3, -0.25) is 4.79 Å². The van der Waals surface area contributed by atoms with Gasteiger partial charge in [-0.15, -0.1) is 0 Å². The van der Waals surface area contributed by atoms with Crippen molar-refractivity contribution in [3.8, 4) is 16.9 Å². The number of hydrogen-bond acceptors (Lipinski definition) is 4. The van der Waals surface area contributed by atoms with Crippen LogP contribution in [0.25, 0.3) is 11.1 Å². The van der Waals surface area contributed by atoms with Gasteiger partial charge in [0.25, 0.3) is 5.56 Å². The summed E-state index contributed by atoms with van der Waals surface area (Å²) in [7, 11) is 1.51. The van der Waals surface area contributed by atoms with Gasteiger partial charge in [-0.2, -0.15) is 5.10 Å². The molecule has 6 heteroatoms. The van der Waals surface area contributed by atoms with Gasteiger partial charge in [0, 0.05) is 5.56 Å². The predicted molar refractivity (Wildman–Crippen MR) is 63.8 cm³/mol. The van der Waals surface area contributed by atoms with Crippen LogP contribution in [0.3, 0.4) is 0 Å². The van der Waals surface area contributed by atoms with Crippen molar-refractivity contribution in [1.29, 1.82) is 0 Å². The fraction of sp³-hybridized carbons (Fsp3) is 0.0833. The van der Waals surface area contributed by atoms with Gasteiger partial charge in [0.1, 0.15) is 11.3 Å². The van der Waals surface area contributed by atoms with E-state index in [9.17, 15) is 9.59 Å². The Hall–Kier alpha value is -2.63. The lowest BCUT2D eigenvalue weighted by atomic mass is 10.0. The van der Waals surface area contributed by atoms with Crippen LogP contribution in [0.2, 0.25) is 0 Å². The lowest BCUT2D eigenvalue weighted by molar-refractivity contribution is 0.0695. The second-order valence-electron chi connectivity index (χ2n) is 3.52. The van der Waals surface area contributed by atoms with Crippen LogP contribution in [-0.4, -0.2) is 28.4 Å². The first-order chi connectivity index (χ1) is 8.63. The lowest BCUT2D eigenvalue weighted by Gasteiger charge is -2.06. The van der Waals surface area contributed by atoms with Gasteiger partial charge < -0.3 is 9.84 Å². The van der Waals surface area contributed by atoms with E-state index in [0.717, 1.165) is 0 Å². The van der Waals surface area contributed by atoms with Crippen molar-refractivity contribution in [2.45, 2.75) is 0 Å². The monoisotopic (exact) mass is 246 g/mol. The molecule has 1 aromatic carbocycles. The predicted octanol–water partition coefficient (Wildman–Crippen LogP) is 1.14. The Morgan fingerprint density at radius 1 is 1.44 bits per heavy atom. The molecule has 2 rings (SSSR count). The summed E-state index contributed by atoms with van der Waals surface area (Å²) in [5.74, 6) is -0.722. The minimum Gasteiger partial charge on any atom is -0.497 e. The molecule has 0 aliphatic rings. The van der Waals surface area contributed by atoms with Crippen molar-refractivity contribution in [2.75, 3.05) is 7.11 Å². The molecule has 1 heterocycles. The molecule has 92 valence electrons. The quantitative estimate of drug-likeness (QED) is 0.847. The summed E-state index contributed by atoms with van der Waals surface area (Å²) in [6.45, 7) is 0. The largest absolute Gasteiger partial charge is 0.497 e. The van der Waals surface area contributed by atoms with E-state index < -0.39 is 11.5 Å². The van der Waals surface area contributed by atoms with Gasteiger partial charge in [-0.05, 0) is 17.7 Å². The standard InChI is InChI=1S/C12H10N2O4/c1-18-8-4-2-3-7(5-8)9-6-13-14-11(15)10(9)12(16)17/h2-6H,1H3,(H,14,15)(H,16,17). The van der Waals surface area contributed by atoms with Crippen LogP contribution in [0.4, 0.5) is 0 Å². The van der Waals surface area contributed by atoms with Crippen molar-refractivity contribution in [2.24, 2.45) is 0 Å². The topological polar surface area (TPSA) is 92.3 Å². The average molecular weight is 246 g/mol. The molecule has 0 amide bonds. The number of carbonyl (C=O) groups is 1. The van der Waals surface area contributed by atoms with Crippen LogP contribution in [-0.2, 0) is 0 Å². The Labute approximate surface area is 102 Å². The van der Waals surface area contributed by atoms with Crippen molar-refractivity contribution in [3.63, 3.8) is 0 Å². The second kappa shape index (κ2) is 4.70. The maximum absolute atomic E-state index is 11.5. The van der Waals surface area contributed by atoms with Gasteiger partial charge in [-0.1, -0.05) is 12.1 Å². The van der Waals surface area contributed by atoms with Gasteiger partial charge in [0.2, 0.25) is 0 Å². The van der Waals surface area contributed by atoms with Crippen molar-refractivity contribution >= 4 is 5.97 Å². The number of benzene rings is 1. The fourth-order valence-corrected chi connectivity index (χ4v) is 1.62. The first-order valence-corrected chi connectivity index (χ1v) is 5.09. The van der Waals surface area contributed by atoms with E-state index in [0.29, 0.717) is 11.3 Å². The Bertz CT molecular complexity index is 649. The zero-order valence-corrected chi connectivity index (χ0v) is 9.51. The number of methoxy groups -OCH3 is 1. The van der Waals surface area contributed by atoms with Crippen LogP contribution in [0.5, 0.6) is 5.75 Å². The summed E-state index contributed by atoms with van der Waals surface area (Å²) in [4.78, 5) is 22.6. The zero-order chi connectivity index (χ0) is 13.1. The number of ether oxygens (including phenoxy) is 1. The Morgan fingerprint density at radius 2 is 2.22 bits per heavy atom. The van der Waals surface area contributed by atoms with E-state index in [4.69, 9.17) is 9.84 Å². The van der Waals surface area contributed by atoms with Crippen LogP contribution in [0.15, 0.2) is 35.3 Å². The molecule has 0 spiro atoms. The number of aromatic carboxylic acids is 1. The Morgan fingerprint density at radius 3 is 2.89 bits per heavy atom. The molecular weight excluding hydrogens is 236 g/mol. The highest BCUT2D eigenvalue weighted by Crippen LogP contribution is 2.24. The summed E-state index contributed by atoms with van der Waals surface area (Å²) in [5.41, 5.74) is -0.253. The van der Waals surface area contributed by atoms with E-state index in [1.165, 1.54) is 13.3 Å². The van der Waals surface area contributed by atoms with Gasteiger partial charge in [0.05, 0.1) is 13.3 Å². The highest BCUT2D eigenvalue weighted by molar-refractivity contribution is 5.95. The van der Waals surface area contributed by atoms with E-state index in [-0.39, 0.29) is 11.1 Å². The minimum atomic E-state index is -1.29. The first-order valence-electron chi connectivity index (χ1n) is 5.09. The molecule has 2 N–H and O–H groups in total. The molecule has 0 aliphatic carbocycles. The molecule has 0 radical (unpaired) electrons.